The van der Waals surface area contributed by atoms with Gasteiger partial charge >= 0.3 is 0 Å². The third-order valence-corrected chi connectivity index (χ3v) is 4.05. The van der Waals surface area contributed by atoms with Gasteiger partial charge in [-0.25, -0.2) is 0 Å². The summed E-state index contributed by atoms with van der Waals surface area (Å²) in [4.78, 5) is 10.6. The lowest BCUT2D eigenvalue weighted by atomic mass is 9.97. The molecule has 7 heteroatoms. The minimum absolute atomic E-state index is 0.0188. The molecule has 0 aliphatic rings. The number of non-ortho nitro benzene ring substituents is 1. The van der Waals surface area contributed by atoms with Crippen LogP contribution in [0, 0.1) is 10.1 Å². The van der Waals surface area contributed by atoms with Crippen LogP contribution >= 0.6 is 0 Å². The number of hydrogen-bond acceptors (Lipinski definition) is 6. The Labute approximate surface area is 146 Å². The summed E-state index contributed by atoms with van der Waals surface area (Å²) < 4.78 is 10.9. The number of hydrogen-bond donors (Lipinski definition) is 1. The van der Waals surface area contributed by atoms with Crippen LogP contribution in [0.15, 0.2) is 81.1 Å². The Hall–Kier alpha value is -3.87. The second kappa shape index (κ2) is 6.21. The first kappa shape index (κ1) is 15.6. The van der Waals surface area contributed by atoms with Gasteiger partial charge in [0.1, 0.15) is 5.58 Å². The molecule has 4 aromatic rings. The zero-order chi connectivity index (χ0) is 18.1. The van der Waals surface area contributed by atoms with E-state index in [4.69, 9.17) is 8.83 Å². The van der Waals surface area contributed by atoms with E-state index in [0.29, 0.717) is 28.0 Å². The zero-order valence-corrected chi connectivity index (χ0v) is 13.3. The Bertz CT molecular complexity index is 1130. The molecule has 0 bridgehead atoms. The number of benzene rings is 2. The molecular formula is C19H12N2O5. The molecule has 0 aliphatic carbocycles. The molecule has 2 aromatic carbocycles. The van der Waals surface area contributed by atoms with Crippen LogP contribution in [0.1, 0.15) is 11.3 Å². The maximum Gasteiger partial charge on any atom is 0.270 e. The predicted molar refractivity (Wildman–Crippen MR) is 94.4 cm³/mol. The molecule has 0 unspecified atom stereocenters. The summed E-state index contributed by atoms with van der Waals surface area (Å²) >= 11 is 0. The van der Waals surface area contributed by atoms with E-state index >= 15 is 0 Å². The van der Waals surface area contributed by atoms with E-state index in [2.05, 4.69) is 5.16 Å². The molecule has 0 fully saturated rings. The Morgan fingerprint density at radius 2 is 1.92 bits per heavy atom. The maximum absolute atomic E-state index is 11.1. The smallest absolute Gasteiger partial charge is 0.270 e. The van der Waals surface area contributed by atoms with Gasteiger partial charge in [-0.1, -0.05) is 17.3 Å². The van der Waals surface area contributed by atoms with Crippen molar-refractivity contribution in [2.45, 2.75) is 0 Å². The number of fused-ring (bicyclic) bond motifs is 1. The SMILES string of the molecule is O=[N+]([O-])c1cccc(-c2cc(C(=NO)c3ccco3)cc3ccoc23)c1. The van der Waals surface area contributed by atoms with Crippen molar-refractivity contribution in [3.05, 3.63) is 88.6 Å². The van der Waals surface area contributed by atoms with Crippen molar-refractivity contribution >= 4 is 22.4 Å². The van der Waals surface area contributed by atoms with Crippen LogP contribution in [0.2, 0.25) is 0 Å². The van der Waals surface area contributed by atoms with E-state index in [-0.39, 0.29) is 11.4 Å². The molecule has 0 saturated carbocycles. The van der Waals surface area contributed by atoms with Gasteiger partial charge in [0.05, 0.1) is 17.4 Å². The largest absolute Gasteiger partial charge is 0.464 e. The first-order valence-electron chi connectivity index (χ1n) is 7.70. The minimum atomic E-state index is -0.448. The Balaban J connectivity index is 1.94. The second-order valence-corrected chi connectivity index (χ2v) is 5.60. The van der Waals surface area contributed by atoms with Gasteiger partial charge in [-0.05, 0) is 35.9 Å². The van der Waals surface area contributed by atoms with Crippen molar-refractivity contribution in [3.63, 3.8) is 0 Å². The number of nitro benzene ring substituents is 1. The Morgan fingerprint density at radius 3 is 2.65 bits per heavy atom. The molecule has 0 radical (unpaired) electrons. The maximum atomic E-state index is 11.1. The van der Waals surface area contributed by atoms with E-state index in [0.717, 1.165) is 5.39 Å². The van der Waals surface area contributed by atoms with Gasteiger partial charge in [-0.15, -0.1) is 0 Å². The van der Waals surface area contributed by atoms with Gasteiger partial charge in [-0.3, -0.25) is 10.1 Å². The molecule has 128 valence electrons. The highest BCUT2D eigenvalue weighted by molar-refractivity contribution is 6.13. The number of oxime groups is 1. The summed E-state index contributed by atoms with van der Waals surface area (Å²) in [6.45, 7) is 0. The summed E-state index contributed by atoms with van der Waals surface area (Å²) in [7, 11) is 0. The third-order valence-electron chi connectivity index (χ3n) is 4.05. The van der Waals surface area contributed by atoms with Crippen LogP contribution in [0.3, 0.4) is 0 Å². The fourth-order valence-corrected chi connectivity index (χ4v) is 2.88. The summed E-state index contributed by atoms with van der Waals surface area (Å²) in [5, 5.41) is 24.7. The van der Waals surface area contributed by atoms with Gasteiger partial charge in [0.2, 0.25) is 0 Å². The van der Waals surface area contributed by atoms with E-state index in [9.17, 15) is 15.3 Å². The molecule has 1 N–H and O–H groups in total. The topological polar surface area (TPSA) is 102 Å². The van der Waals surface area contributed by atoms with Crippen molar-refractivity contribution in [3.8, 4) is 11.1 Å². The van der Waals surface area contributed by atoms with Crippen molar-refractivity contribution in [2.24, 2.45) is 5.16 Å². The Kier molecular flexibility index (Phi) is 3.74. The van der Waals surface area contributed by atoms with Crippen LogP contribution in [0.4, 0.5) is 5.69 Å². The minimum Gasteiger partial charge on any atom is -0.464 e. The molecule has 7 nitrogen and oxygen atoms in total. The van der Waals surface area contributed by atoms with Crippen molar-refractivity contribution in [1.29, 1.82) is 0 Å². The van der Waals surface area contributed by atoms with Gasteiger partial charge in [-0.2, -0.15) is 0 Å². The summed E-state index contributed by atoms with van der Waals surface area (Å²) in [6, 6.07) is 15.0. The molecule has 0 atom stereocenters. The average molecular weight is 348 g/mol. The molecule has 2 heterocycles. The van der Waals surface area contributed by atoms with Crippen LogP contribution in [0.5, 0.6) is 0 Å². The normalized spacial score (nSPS) is 11.8. The molecule has 4 rings (SSSR count). The van der Waals surface area contributed by atoms with E-state index in [1.165, 1.54) is 24.7 Å². The highest BCUT2D eigenvalue weighted by atomic mass is 16.6. The third kappa shape index (κ3) is 2.61. The highest BCUT2D eigenvalue weighted by Gasteiger charge is 2.17. The van der Waals surface area contributed by atoms with Crippen molar-refractivity contribution < 1.29 is 19.0 Å². The summed E-state index contributed by atoms with van der Waals surface area (Å²) in [5.41, 5.74) is 2.69. The predicted octanol–water partition coefficient (Wildman–Crippen LogP) is 4.83. The standard InChI is InChI=1S/C19H12N2O5/c22-20-18(17-5-2-7-25-17)14-9-13-6-8-26-19(13)16(11-14)12-3-1-4-15(10-12)21(23)24/h1-11,22H. The molecule has 0 saturated heterocycles. The first-order chi connectivity index (χ1) is 12.7. The summed E-state index contributed by atoms with van der Waals surface area (Å²) in [6.07, 6.45) is 3.02. The fraction of sp³-hybridized carbons (Fsp3) is 0. The fourth-order valence-electron chi connectivity index (χ4n) is 2.88. The number of furan rings is 2. The van der Waals surface area contributed by atoms with Crippen LogP contribution in [0.25, 0.3) is 22.1 Å². The molecule has 26 heavy (non-hydrogen) atoms. The van der Waals surface area contributed by atoms with E-state index in [1.807, 2.05) is 0 Å². The molecule has 2 aromatic heterocycles. The molecule has 0 aliphatic heterocycles. The number of nitro groups is 1. The van der Waals surface area contributed by atoms with Gasteiger partial charge < -0.3 is 14.0 Å². The monoisotopic (exact) mass is 348 g/mol. The molecule has 0 amide bonds. The van der Waals surface area contributed by atoms with E-state index < -0.39 is 4.92 Å². The number of rotatable bonds is 4. The van der Waals surface area contributed by atoms with Gasteiger partial charge in [0.15, 0.2) is 11.5 Å². The van der Waals surface area contributed by atoms with Crippen LogP contribution in [-0.2, 0) is 0 Å². The van der Waals surface area contributed by atoms with Crippen molar-refractivity contribution in [2.75, 3.05) is 0 Å². The molecule has 0 spiro atoms. The lowest BCUT2D eigenvalue weighted by molar-refractivity contribution is -0.384. The highest BCUT2D eigenvalue weighted by Crippen LogP contribution is 2.33. The first-order valence-corrected chi connectivity index (χ1v) is 7.70. The van der Waals surface area contributed by atoms with Crippen molar-refractivity contribution in [1.82, 2.24) is 0 Å². The van der Waals surface area contributed by atoms with E-state index in [1.54, 1.807) is 42.5 Å². The Morgan fingerprint density at radius 1 is 1.04 bits per heavy atom. The lowest BCUT2D eigenvalue weighted by Gasteiger charge is -2.08. The van der Waals surface area contributed by atoms with Gasteiger partial charge in [0.25, 0.3) is 5.69 Å². The zero-order valence-electron chi connectivity index (χ0n) is 13.3. The molecular weight excluding hydrogens is 336 g/mol. The van der Waals surface area contributed by atoms with Crippen LogP contribution in [-0.4, -0.2) is 15.8 Å². The second-order valence-electron chi connectivity index (χ2n) is 5.60. The van der Waals surface area contributed by atoms with Gasteiger partial charge in [0, 0.05) is 28.6 Å². The quantitative estimate of drug-likeness (QED) is 0.246. The lowest BCUT2D eigenvalue weighted by Crippen LogP contribution is -2.02. The number of nitrogens with zero attached hydrogens (tertiary/aromatic N) is 2. The average Bonchev–Trinajstić information content (AvgIpc) is 3.33. The summed E-state index contributed by atoms with van der Waals surface area (Å²) in [5.74, 6) is 0.403. The van der Waals surface area contributed by atoms with Crippen LogP contribution < -0.4 is 0 Å².